The summed E-state index contributed by atoms with van der Waals surface area (Å²) in [6, 6.07) is 14.1. The zero-order chi connectivity index (χ0) is 21.1. The van der Waals surface area contributed by atoms with Crippen LogP contribution in [0.5, 0.6) is 0 Å². The summed E-state index contributed by atoms with van der Waals surface area (Å²) >= 11 is 0. The predicted octanol–water partition coefficient (Wildman–Crippen LogP) is 5.26. The number of anilines is 2. The first-order chi connectivity index (χ1) is 14.5. The molecule has 3 amide bonds. The number of carbonyl (C=O) groups is 2. The molecule has 0 spiro atoms. The average molecular weight is 406 g/mol. The normalized spacial score (nSPS) is 17.5. The Labute approximate surface area is 179 Å². The first-order valence-electron chi connectivity index (χ1n) is 11.0. The number of urea groups is 1. The number of nitrogens with zero attached hydrogens (tertiary/aromatic N) is 2. The second-order valence-corrected chi connectivity index (χ2v) is 8.66. The average Bonchev–Trinajstić information content (AvgIpc) is 3.27. The molecular weight excluding hydrogens is 374 g/mol. The van der Waals surface area contributed by atoms with Crippen LogP contribution in [0.4, 0.5) is 16.2 Å². The molecule has 2 aliphatic rings. The zero-order valence-corrected chi connectivity index (χ0v) is 18.0. The molecule has 0 unspecified atom stereocenters. The van der Waals surface area contributed by atoms with E-state index in [1.165, 1.54) is 16.7 Å². The van der Waals surface area contributed by atoms with Gasteiger partial charge in [-0.1, -0.05) is 42.7 Å². The van der Waals surface area contributed by atoms with Crippen LogP contribution in [0.2, 0.25) is 0 Å². The van der Waals surface area contributed by atoms with Crippen LogP contribution in [-0.2, 0) is 11.3 Å². The van der Waals surface area contributed by atoms with Crippen LogP contribution in [0.25, 0.3) is 0 Å². The molecule has 4 rings (SSSR count). The molecule has 5 nitrogen and oxygen atoms in total. The van der Waals surface area contributed by atoms with Crippen molar-refractivity contribution >= 4 is 23.3 Å². The third-order valence-corrected chi connectivity index (χ3v) is 6.33. The second kappa shape index (κ2) is 8.90. The van der Waals surface area contributed by atoms with Crippen LogP contribution >= 0.6 is 0 Å². The van der Waals surface area contributed by atoms with Crippen LogP contribution < -0.4 is 10.2 Å². The SMILES string of the molecule is Cc1ccc(C)c(CN2CCCN(c3cccc(NC(=O)C4CCCC4)c3)C2=O)c1. The number of amides is 3. The molecule has 30 heavy (non-hydrogen) atoms. The van der Waals surface area contributed by atoms with Crippen molar-refractivity contribution in [2.75, 3.05) is 23.3 Å². The Balaban J connectivity index is 1.47. The number of benzene rings is 2. The van der Waals surface area contributed by atoms with Crippen molar-refractivity contribution in [1.82, 2.24) is 4.90 Å². The third kappa shape index (κ3) is 4.50. The lowest BCUT2D eigenvalue weighted by atomic mass is 10.0. The fourth-order valence-corrected chi connectivity index (χ4v) is 4.53. The van der Waals surface area contributed by atoms with Crippen molar-refractivity contribution in [3.8, 4) is 0 Å². The topological polar surface area (TPSA) is 52.6 Å². The van der Waals surface area contributed by atoms with E-state index in [2.05, 4.69) is 37.4 Å². The van der Waals surface area contributed by atoms with Crippen molar-refractivity contribution in [3.63, 3.8) is 0 Å². The fourth-order valence-electron chi connectivity index (χ4n) is 4.53. The molecule has 1 saturated heterocycles. The van der Waals surface area contributed by atoms with Gasteiger partial charge >= 0.3 is 6.03 Å². The van der Waals surface area contributed by atoms with Crippen molar-refractivity contribution in [2.45, 2.75) is 52.5 Å². The minimum atomic E-state index is 0.0291. The van der Waals surface area contributed by atoms with E-state index < -0.39 is 0 Å². The monoisotopic (exact) mass is 405 g/mol. The Morgan fingerprint density at radius 1 is 1.03 bits per heavy atom. The van der Waals surface area contributed by atoms with E-state index in [9.17, 15) is 9.59 Å². The summed E-state index contributed by atoms with van der Waals surface area (Å²) < 4.78 is 0. The molecule has 1 heterocycles. The second-order valence-electron chi connectivity index (χ2n) is 8.66. The van der Waals surface area contributed by atoms with Crippen LogP contribution in [0.3, 0.4) is 0 Å². The van der Waals surface area contributed by atoms with E-state index >= 15 is 0 Å². The molecule has 5 heteroatoms. The summed E-state index contributed by atoms with van der Waals surface area (Å²) in [7, 11) is 0. The molecule has 2 aromatic carbocycles. The highest BCUT2D eigenvalue weighted by Gasteiger charge is 2.28. The Morgan fingerprint density at radius 2 is 1.83 bits per heavy atom. The lowest BCUT2D eigenvalue weighted by Gasteiger charge is -2.36. The lowest BCUT2D eigenvalue weighted by Crippen LogP contribution is -2.49. The quantitative estimate of drug-likeness (QED) is 0.737. The molecule has 1 aliphatic heterocycles. The molecule has 0 radical (unpaired) electrons. The molecule has 2 fully saturated rings. The Kier molecular flexibility index (Phi) is 6.07. The standard InChI is InChI=1S/C25H31N3O2/c1-18-11-12-19(2)21(15-18)17-27-13-6-14-28(25(27)30)23-10-5-9-22(16-23)26-24(29)20-7-3-4-8-20/h5,9-12,15-16,20H,3-4,6-8,13-14,17H2,1-2H3,(H,26,29). The highest BCUT2D eigenvalue weighted by atomic mass is 16.2. The van der Waals surface area contributed by atoms with Gasteiger partial charge in [-0.3, -0.25) is 9.69 Å². The first-order valence-corrected chi connectivity index (χ1v) is 11.0. The van der Waals surface area contributed by atoms with Gasteiger partial charge in [0.2, 0.25) is 5.91 Å². The zero-order valence-electron chi connectivity index (χ0n) is 18.0. The Morgan fingerprint density at radius 3 is 2.63 bits per heavy atom. The van der Waals surface area contributed by atoms with Crippen LogP contribution in [-0.4, -0.2) is 29.9 Å². The molecular formula is C25H31N3O2. The van der Waals surface area contributed by atoms with Crippen molar-refractivity contribution in [3.05, 3.63) is 59.2 Å². The van der Waals surface area contributed by atoms with Gasteiger partial charge in [0.25, 0.3) is 0 Å². The summed E-state index contributed by atoms with van der Waals surface area (Å²) in [5.74, 6) is 0.226. The van der Waals surface area contributed by atoms with Crippen LogP contribution in [0.15, 0.2) is 42.5 Å². The molecule has 0 atom stereocenters. The summed E-state index contributed by atoms with van der Waals surface area (Å²) in [4.78, 5) is 29.5. The highest BCUT2D eigenvalue weighted by molar-refractivity contribution is 5.96. The van der Waals surface area contributed by atoms with Gasteiger partial charge < -0.3 is 10.2 Å². The fraction of sp³-hybridized carbons (Fsp3) is 0.440. The summed E-state index contributed by atoms with van der Waals surface area (Å²) in [5, 5.41) is 3.05. The van der Waals surface area contributed by atoms with E-state index in [4.69, 9.17) is 0 Å². The van der Waals surface area contributed by atoms with Gasteiger partial charge in [-0.25, -0.2) is 4.79 Å². The van der Waals surface area contributed by atoms with E-state index in [1.54, 1.807) is 0 Å². The Hall–Kier alpha value is -2.82. The minimum Gasteiger partial charge on any atom is -0.326 e. The van der Waals surface area contributed by atoms with Gasteiger partial charge in [-0.2, -0.15) is 0 Å². The molecule has 1 aliphatic carbocycles. The maximum absolute atomic E-state index is 13.2. The van der Waals surface area contributed by atoms with Gasteiger partial charge in [-0.15, -0.1) is 0 Å². The van der Waals surface area contributed by atoms with Gasteiger partial charge in [0.05, 0.1) is 0 Å². The number of nitrogens with one attached hydrogen (secondary N) is 1. The molecule has 0 aromatic heterocycles. The number of aryl methyl sites for hydroxylation is 2. The first kappa shape index (κ1) is 20.5. The van der Waals surface area contributed by atoms with Crippen molar-refractivity contribution in [2.24, 2.45) is 5.92 Å². The van der Waals surface area contributed by atoms with E-state index in [1.807, 2.05) is 34.1 Å². The number of rotatable bonds is 5. The summed E-state index contributed by atoms with van der Waals surface area (Å²) in [6.07, 6.45) is 5.15. The van der Waals surface area contributed by atoms with Gasteiger partial charge in [0.1, 0.15) is 0 Å². The van der Waals surface area contributed by atoms with E-state index in [0.29, 0.717) is 13.1 Å². The largest absolute Gasteiger partial charge is 0.326 e. The Bertz CT molecular complexity index is 934. The number of hydrogen-bond acceptors (Lipinski definition) is 2. The molecule has 1 N–H and O–H groups in total. The van der Waals surface area contributed by atoms with Gasteiger partial charge in [0.15, 0.2) is 0 Å². The molecule has 1 saturated carbocycles. The summed E-state index contributed by atoms with van der Waals surface area (Å²) in [6.45, 7) is 6.26. The minimum absolute atomic E-state index is 0.0291. The molecule has 2 aromatic rings. The van der Waals surface area contributed by atoms with Crippen molar-refractivity contribution in [1.29, 1.82) is 0 Å². The maximum Gasteiger partial charge on any atom is 0.324 e. The van der Waals surface area contributed by atoms with Gasteiger partial charge in [0, 0.05) is 36.9 Å². The smallest absolute Gasteiger partial charge is 0.324 e. The summed E-state index contributed by atoms with van der Waals surface area (Å²) in [5.41, 5.74) is 5.23. The number of carbonyl (C=O) groups excluding carboxylic acids is 2. The maximum atomic E-state index is 13.2. The van der Waals surface area contributed by atoms with E-state index in [-0.39, 0.29) is 17.9 Å². The number of hydrogen-bond donors (Lipinski definition) is 1. The lowest BCUT2D eigenvalue weighted by molar-refractivity contribution is -0.119. The van der Waals surface area contributed by atoms with Crippen LogP contribution in [0, 0.1) is 19.8 Å². The van der Waals surface area contributed by atoms with Crippen LogP contribution in [0.1, 0.15) is 48.8 Å². The molecule has 158 valence electrons. The predicted molar refractivity (Wildman–Crippen MR) is 121 cm³/mol. The molecule has 0 bridgehead atoms. The highest BCUT2D eigenvalue weighted by Crippen LogP contribution is 2.28. The third-order valence-electron chi connectivity index (χ3n) is 6.33. The van der Waals surface area contributed by atoms with Gasteiger partial charge in [-0.05, 0) is 62.4 Å². The van der Waals surface area contributed by atoms with Crippen molar-refractivity contribution < 1.29 is 9.59 Å². The van der Waals surface area contributed by atoms with E-state index in [0.717, 1.165) is 50.0 Å².